The van der Waals surface area contributed by atoms with Gasteiger partial charge in [0.15, 0.2) is 0 Å². The molecule has 0 aromatic heterocycles. The first-order chi connectivity index (χ1) is 10.1. The Kier molecular flexibility index (Phi) is 4.06. The Balaban J connectivity index is 1.76. The van der Waals surface area contributed by atoms with E-state index in [2.05, 4.69) is 39.9 Å². The van der Waals surface area contributed by atoms with Crippen LogP contribution >= 0.6 is 11.6 Å². The maximum Gasteiger partial charge on any atom is 0.481 e. The molecule has 6 heteroatoms. The van der Waals surface area contributed by atoms with Crippen molar-refractivity contribution >= 4 is 24.1 Å². The summed E-state index contributed by atoms with van der Waals surface area (Å²) in [6, 6.07) is 0. The van der Waals surface area contributed by atoms with E-state index in [0.29, 0.717) is 17.3 Å². The summed E-state index contributed by atoms with van der Waals surface area (Å²) >= 11 is 5.54. The fourth-order valence-electron chi connectivity index (χ4n) is 4.96. The van der Waals surface area contributed by atoms with Crippen molar-refractivity contribution in [1.82, 2.24) is 5.32 Å². The predicted octanol–water partition coefficient (Wildman–Crippen LogP) is 3.62. The fraction of sp³-hybridized carbons (Fsp3) is 0.938. The highest BCUT2D eigenvalue weighted by Crippen LogP contribution is 2.65. The highest BCUT2D eigenvalue weighted by atomic mass is 35.5. The van der Waals surface area contributed by atoms with Crippen molar-refractivity contribution in [1.29, 1.82) is 0 Å². The number of halogens is 1. The van der Waals surface area contributed by atoms with Gasteiger partial charge in [-0.3, -0.25) is 4.79 Å². The van der Waals surface area contributed by atoms with Gasteiger partial charge in [-0.25, -0.2) is 0 Å². The average Bonchev–Trinajstić information content (AvgIpc) is 2.73. The van der Waals surface area contributed by atoms with Crippen molar-refractivity contribution in [2.45, 2.75) is 71.5 Å². The molecule has 0 spiro atoms. The summed E-state index contributed by atoms with van der Waals surface area (Å²) in [5, 5.41) is 2.27. The molecule has 0 aromatic carbocycles. The summed E-state index contributed by atoms with van der Waals surface area (Å²) in [5.41, 5.74) is 0.0853. The first-order valence-corrected chi connectivity index (χ1v) is 8.81. The molecule has 4 aliphatic rings. The number of hydrogen-bond acceptors (Lipinski definition) is 3. The van der Waals surface area contributed by atoms with E-state index in [9.17, 15) is 4.79 Å². The maximum absolute atomic E-state index is 11.3. The zero-order valence-corrected chi connectivity index (χ0v) is 14.9. The normalized spacial score (nSPS) is 40.1. The molecule has 4 fully saturated rings. The Morgan fingerprint density at radius 1 is 1.36 bits per heavy atom. The van der Waals surface area contributed by atoms with Crippen LogP contribution in [0.25, 0.3) is 0 Å². The first-order valence-electron chi connectivity index (χ1n) is 8.44. The van der Waals surface area contributed by atoms with Crippen molar-refractivity contribution in [3.05, 3.63) is 0 Å². The van der Waals surface area contributed by atoms with E-state index in [1.807, 2.05) is 0 Å². The molecule has 0 aromatic rings. The van der Waals surface area contributed by atoms with E-state index >= 15 is 0 Å². The van der Waals surface area contributed by atoms with Gasteiger partial charge in [0.2, 0.25) is 0 Å². The summed E-state index contributed by atoms with van der Waals surface area (Å²) in [6.07, 6.45) is 3.21. The molecule has 2 bridgehead atoms. The van der Waals surface area contributed by atoms with Crippen LogP contribution in [0.4, 0.5) is 4.79 Å². The second-order valence-corrected chi connectivity index (χ2v) is 8.83. The quantitative estimate of drug-likeness (QED) is 0.487. The third-order valence-corrected chi connectivity index (χ3v) is 6.43. The lowest BCUT2D eigenvalue weighted by molar-refractivity contribution is -0.199. The van der Waals surface area contributed by atoms with Crippen molar-refractivity contribution in [3.63, 3.8) is 0 Å². The molecule has 124 valence electrons. The highest BCUT2D eigenvalue weighted by molar-refractivity contribution is 6.63. The SMILES string of the molecule is CC(C)C[C@H](NC(=O)Cl)B1O[C@@H]2C[C@@H]3C[C@@H](C3(C)C)[C@]2(C)O1. The number of rotatable bonds is 4. The molecule has 22 heavy (non-hydrogen) atoms. The van der Waals surface area contributed by atoms with Crippen molar-refractivity contribution in [3.8, 4) is 0 Å². The van der Waals surface area contributed by atoms with Crippen LogP contribution in [0.2, 0.25) is 0 Å². The van der Waals surface area contributed by atoms with Crippen LogP contribution in [0.1, 0.15) is 53.9 Å². The second-order valence-electron chi connectivity index (χ2n) is 8.49. The lowest BCUT2D eigenvalue weighted by Crippen LogP contribution is -2.65. The number of carbonyl (C=O) groups excluding carboxylic acids is 1. The molecule has 3 saturated carbocycles. The molecule has 4 nitrogen and oxygen atoms in total. The van der Waals surface area contributed by atoms with Crippen molar-refractivity contribution in [2.75, 3.05) is 0 Å². The summed E-state index contributed by atoms with van der Waals surface area (Å²) in [4.78, 5) is 11.3. The number of nitrogens with one attached hydrogen (secondary N) is 1. The molecule has 1 amide bonds. The van der Waals surface area contributed by atoms with Crippen LogP contribution in [0.15, 0.2) is 0 Å². The topological polar surface area (TPSA) is 47.6 Å². The number of hydrogen-bond donors (Lipinski definition) is 1. The highest BCUT2D eigenvalue weighted by Gasteiger charge is 2.68. The monoisotopic (exact) mass is 327 g/mol. The van der Waals surface area contributed by atoms with Crippen LogP contribution < -0.4 is 5.32 Å². The van der Waals surface area contributed by atoms with Gasteiger partial charge < -0.3 is 14.6 Å². The minimum Gasteiger partial charge on any atom is -0.404 e. The van der Waals surface area contributed by atoms with Gasteiger partial charge in [0.25, 0.3) is 0 Å². The van der Waals surface area contributed by atoms with Gasteiger partial charge >= 0.3 is 12.5 Å². The lowest BCUT2D eigenvalue weighted by atomic mass is 9.43. The molecule has 3 aliphatic carbocycles. The molecular weight excluding hydrogens is 300 g/mol. The Labute approximate surface area is 138 Å². The molecule has 0 radical (unpaired) electrons. The van der Waals surface area contributed by atoms with E-state index in [-0.39, 0.29) is 17.6 Å². The summed E-state index contributed by atoms with van der Waals surface area (Å²) in [6.45, 7) is 11.1. The zero-order chi connectivity index (χ0) is 16.3. The Morgan fingerprint density at radius 2 is 2.05 bits per heavy atom. The van der Waals surface area contributed by atoms with Crippen molar-refractivity contribution < 1.29 is 14.1 Å². The van der Waals surface area contributed by atoms with Gasteiger partial charge in [-0.15, -0.1) is 0 Å². The molecule has 1 heterocycles. The van der Waals surface area contributed by atoms with Gasteiger partial charge in [-0.2, -0.15) is 0 Å². The Morgan fingerprint density at radius 3 is 2.59 bits per heavy atom. The maximum atomic E-state index is 11.3. The third kappa shape index (κ3) is 2.49. The molecule has 1 N–H and O–H groups in total. The summed E-state index contributed by atoms with van der Waals surface area (Å²) in [7, 11) is -0.393. The Bertz CT molecular complexity index is 472. The van der Waals surface area contributed by atoms with E-state index in [1.165, 1.54) is 6.42 Å². The minimum absolute atomic E-state index is 0.135. The van der Waals surface area contributed by atoms with Crippen LogP contribution in [0.5, 0.6) is 0 Å². The van der Waals surface area contributed by atoms with Gasteiger partial charge in [-0.05, 0) is 61.0 Å². The average molecular weight is 328 g/mol. The second kappa shape index (κ2) is 5.39. The predicted molar refractivity (Wildman–Crippen MR) is 87.7 cm³/mol. The zero-order valence-electron chi connectivity index (χ0n) is 14.2. The number of amides is 1. The van der Waals surface area contributed by atoms with Crippen LogP contribution in [0, 0.1) is 23.2 Å². The van der Waals surface area contributed by atoms with Gasteiger partial charge in [0.1, 0.15) is 0 Å². The summed E-state index contributed by atoms with van der Waals surface area (Å²) < 4.78 is 12.6. The number of carbonyl (C=O) groups is 1. The van der Waals surface area contributed by atoms with Crippen LogP contribution in [0.3, 0.4) is 0 Å². The standard InChI is InChI=1S/C16H27BClNO3/c1-9(2)6-13(19-14(18)20)17-21-12-8-10-7-11(15(10,3)4)16(12,5)22-17/h9-13H,6-8H2,1-5H3,(H,19,20)/t10-,11-,12+,13-,16-/m0/s1. The smallest absolute Gasteiger partial charge is 0.404 e. The molecule has 5 atom stereocenters. The molecule has 4 rings (SSSR count). The molecular formula is C16H27BClNO3. The van der Waals surface area contributed by atoms with Gasteiger partial charge in [-0.1, -0.05) is 27.7 Å². The van der Waals surface area contributed by atoms with E-state index in [1.54, 1.807) is 0 Å². The fourth-order valence-corrected chi connectivity index (χ4v) is 5.10. The first kappa shape index (κ1) is 16.6. The largest absolute Gasteiger partial charge is 0.481 e. The third-order valence-electron chi connectivity index (χ3n) is 6.32. The van der Waals surface area contributed by atoms with Crippen molar-refractivity contribution in [2.24, 2.45) is 23.2 Å². The molecule has 0 unspecified atom stereocenters. The lowest BCUT2D eigenvalue weighted by Gasteiger charge is -2.64. The summed E-state index contributed by atoms with van der Waals surface area (Å²) in [5.74, 6) is 1.50. The van der Waals surface area contributed by atoms with E-state index in [4.69, 9.17) is 20.9 Å². The molecule has 1 saturated heterocycles. The molecule has 1 aliphatic heterocycles. The Hall–Kier alpha value is -0.255. The van der Waals surface area contributed by atoms with Crippen LogP contribution in [-0.2, 0) is 9.31 Å². The van der Waals surface area contributed by atoms with Gasteiger partial charge in [0, 0.05) is 0 Å². The van der Waals surface area contributed by atoms with E-state index in [0.717, 1.165) is 18.8 Å². The van der Waals surface area contributed by atoms with E-state index < -0.39 is 12.5 Å². The van der Waals surface area contributed by atoms with Crippen LogP contribution in [-0.4, -0.2) is 30.1 Å². The van der Waals surface area contributed by atoms with Gasteiger partial charge in [0.05, 0.1) is 17.6 Å². The minimum atomic E-state index is -0.539.